The van der Waals surface area contributed by atoms with Gasteiger partial charge in [0.25, 0.3) is 5.91 Å². The molecule has 1 aliphatic rings. The van der Waals surface area contributed by atoms with E-state index in [1.54, 1.807) is 29.6 Å². The number of hydrogen-bond acceptors (Lipinski definition) is 4. The molecule has 0 saturated carbocycles. The van der Waals surface area contributed by atoms with Crippen LogP contribution in [0.1, 0.15) is 40.8 Å². The van der Waals surface area contributed by atoms with E-state index >= 15 is 0 Å². The predicted molar refractivity (Wildman–Crippen MR) is 96.6 cm³/mol. The van der Waals surface area contributed by atoms with Gasteiger partial charge in [-0.15, -0.1) is 10.2 Å². The van der Waals surface area contributed by atoms with Gasteiger partial charge in [0.1, 0.15) is 11.6 Å². The molecule has 1 aliphatic heterocycles. The first-order valence-electron chi connectivity index (χ1n) is 9.01. The monoisotopic (exact) mass is 368 g/mol. The summed E-state index contributed by atoms with van der Waals surface area (Å²) in [6.07, 6.45) is 7.13. The number of carbonyl (C=O) groups is 1. The quantitative estimate of drug-likeness (QED) is 0.708. The zero-order valence-corrected chi connectivity index (χ0v) is 15.1. The van der Waals surface area contributed by atoms with E-state index in [1.807, 2.05) is 22.4 Å². The van der Waals surface area contributed by atoms with Crippen molar-refractivity contribution in [2.75, 3.05) is 13.1 Å². The molecule has 7 nitrogen and oxygen atoms in total. The number of piperidine rings is 1. The number of carbonyl (C=O) groups excluding carboxylic acids is 1. The highest BCUT2D eigenvalue weighted by atomic mass is 19.1. The van der Waals surface area contributed by atoms with Crippen LogP contribution in [0.2, 0.25) is 0 Å². The molecule has 1 aromatic carbocycles. The minimum atomic E-state index is -0.481. The molecule has 1 amide bonds. The molecule has 0 aliphatic carbocycles. The van der Waals surface area contributed by atoms with Crippen molar-refractivity contribution in [2.24, 2.45) is 7.05 Å². The average molecular weight is 368 g/mol. The van der Waals surface area contributed by atoms with Crippen molar-refractivity contribution in [1.82, 2.24) is 29.2 Å². The molecule has 140 valence electrons. The van der Waals surface area contributed by atoms with E-state index in [0.717, 1.165) is 24.5 Å². The number of amides is 1. The minimum absolute atomic E-state index is 0.0866. The van der Waals surface area contributed by atoms with E-state index in [-0.39, 0.29) is 17.4 Å². The van der Waals surface area contributed by atoms with Crippen molar-refractivity contribution in [3.63, 3.8) is 0 Å². The fraction of sp³-hybridized carbons (Fsp3) is 0.368. The van der Waals surface area contributed by atoms with Crippen LogP contribution in [0.3, 0.4) is 0 Å². The topological polar surface area (TPSA) is 68.8 Å². The van der Waals surface area contributed by atoms with Crippen molar-refractivity contribution in [3.05, 3.63) is 66.0 Å². The first kappa shape index (κ1) is 17.4. The molecule has 8 heteroatoms. The highest BCUT2D eigenvalue weighted by Gasteiger charge is 2.29. The smallest absolute Gasteiger partial charge is 0.256 e. The lowest BCUT2D eigenvalue weighted by molar-refractivity contribution is 0.0698. The molecule has 1 saturated heterocycles. The van der Waals surface area contributed by atoms with Gasteiger partial charge in [-0.05, 0) is 25.0 Å². The molecular formula is C19H21FN6O. The Morgan fingerprint density at radius 1 is 1.30 bits per heavy atom. The molecule has 4 rings (SSSR count). The molecule has 3 heterocycles. The van der Waals surface area contributed by atoms with Crippen LogP contribution in [0.15, 0.2) is 43.0 Å². The maximum Gasteiger partial charge on any atom is 0.256 e. The van der Waals surface area contributed by atoms with Crippen LogP contribution in [0.4, 0.5) is 4.39 Å². The maximum absolute atomic E-state index is 14.0. The zero-order valence-electron chi connectivity index (χ0n) is 15.1. The van der Waals surface area contributed by atoms with Crippen molar-refractivity contribution in [2.45, 2.75) is 25.3 Å². The van der Waals surface area contributed by atoms with Crippen molar-refractivity contribution in [1.29, 1.82) is 0 Å². The number of rotatable bonds is 4. The van der Waals surface area contributed by atoms with Gasteiger partial charge in [-0.2, -0.15) is 0 Å². The van der Waals surface area contributed by atoms with Crippen LogP contribution in [-0.2, 0) is 13.6 Å². The van der Waals surface area contributed by atoms with Gasteiger partial charge in [-0.25, -0.2) is 9.37 Å². The highest BCUT2D eigenvalue weighted by molar-refractivity contribution is 5.94. The van der Waals surface area contributed by atoms with Crippen molar-refractivity contribution in [3.8, 4) is 0 Å². The number of halogens is 1. The lowest BCUT2D eigenvalue weighted by Crippen LogP contribution is -2.40. The molecule has 1 fully saturated rings. The zero-order chi connectivity index (χ0) is 18.8. The van der Waals surface area contributed by atoms with Crippen LogP contribution in [0.5, 0.6) is 0 Å². The Bertz CT molecular complexity index is 936. The summed E-state index contributed by atoms with van der Waals surface area (Å²) < 4.78 is 17.9. The number of aromatic nitrogens is 5. The average Bonchev–Trinajstić information content (AvgIpc) is 3.32. The molecule has 0 bridgehead atoms. The van der Waals surface area contributed by atoms with E-state index < -0.39 is 5.82 Å². The van der Waals surface area contributed by atoms with Gasteiger partial charge >= 0.3 is 0 Å². The van der Waals surface area contributed by atoms with Gasteiger partial charge in [0, 0.05) is 38.4 Å². The van der Waals surface area contributed by atoms with Crippen molar-refractivity contribution < 1.29 is 9.18 Å². The van der Waals surface area contributed by atoms with Crippen LogP contribution in [0.25, 0.3) is 0 Å². The van der Waals surface area contributed by atoms with Crippen LogP contribution < -0.4 is 0 Å². The third kappa shape index (κ3) is 3.47. The van der Waals surface area contributed by atoms with Gasteiger partial charge in [-0.3, -0.25) is 4.79 Å². The minimum Gasteiger partial charge on any atom is -0.338 e. The summed E-state index contributed by atoms with van der Waals surface area (Å²) >= 11 is 0. The predicted octanol–water partition coefficient (Wildman–Crippen LogP) is 2.22. The van der Waals surface area contributed by atoms with E-state index in [9.17, 15) is 9.18 Å². The Morgan fingerprint density at radius 3 is 2.93 bits per heavy atom. The lowest BCUT2D eigenvalue weighted by atomic mass is 9.96. The molecule has 0 unspecified atom stereocenters. The Balaban J connectivity index is 1.51. The van der Waals surface area contributed by atoms with E-state index in [1.165, 1.54) is 12.1 Å². The Kier molecular flexibility index (Phi) is 4.70. The summed E-state index contributed by atoms with van der Waals surface area (Å²) in [6.45, 7) is 1.74. The molecule has 0 radical (unpaired) electrons. The molecule has 2 aromatic heterocycles. The van der Waals surface area contributed by atoms with E-state index in [0.29, 0.717) is 19.6 Å². The molecular weight excluding hydrogens is 347 g/mol. The highest BCUT2D eigenvalue weighted by Crippen LogP contribution is 2.27. The summed E-state index contributed by atoms with van der Waals surface area (Å²) in [5.74, 6) is 1.03. The Morgan fingerprint density at radius 2 is 2.15 bits per heavy atom. The van der Waals surface area contributed by atoms with Gasteiger partial charge in [0.05, 0.1) is 18.4 Å². The maximum atomic E-state index is 14.0. The molecule has 0 spiro atoms. The SMILES string of the molecule is Cn1c(Cn2ccnc2)nnc1[C@H]1CCCN(C(=O)c2ccccc2F)C1. The normalized spacial score (nSPS) is 17.3. The third-order valence-corrected chi connectivity index (χ3v) is 5.06. The number of likely N-dealkylation sites (tertiary alicyclic amines) is 1. The van der Waals surface area contributed by atoms with Gasteiger partial charge in [0.2, 0.25) is 0 Å². The van der Waals surface area contributed by atoms with E-state index in [2.05, 4.69) is 15.2 Å². The summed E-state index contributed by atoms with van der Waals surface area (Å²) in [7, 11) is 1.94. The Labute approximate surface area is 156 Å². The number of hydrogen-bond donors (Lipinski definition) is 0. The molecule has 0 N–H and O–H groups in total. The third-order valence-electron chi connectivity index (χ3n) is 5.06. The number of nitrogens with zero attached hydrogens (tertiary/aromatic N) is 6. The molecule has 3 aromatic rings. The van der Waals surface area contributed by atoms with Crippen LogP contribution in [0, 0.1) is 5.82 Å². The summed E-state index contributed by atoms with van der Waals surface area (Å²) in [5, 5.41) is 8.68. The molecule has 27 heavy (non-hydrogen) atoms. The van der Waals surface area contributed by atoms with Crippen molar-refractivity contribution >= 4 is 5.91 Å². The molecule has 1 atom stereocenters. The standard InChI is InChI=1S/C19H21FN6O/c1-24-17(12-25-10-8-21-13-25)22-23-18(24)14-5-4-9-26(11-14)19(27)15-6-2-3-7-16(15)20/h2-3,6-8,10,13-14H,4-5,9,11-12H2,1H3/t14-/m0/s1. The fourth-order valence-electron chi connectivity index (χ4n) is 3.59. The lowest BCUT2D eigenvalue weighted by Gasteiger charge is -2.32. The van der Waals surface area contributed by atoms with Crippen LogP contribution in [-0.4, -0.2) is 48.2 Å². The van der Waals surface area contributed by atoms with Crippen LogP contribution >= 0.6 is 0 Å². The largest absolute Gasteiger partial charge is 0.338 e. The van der Waals surface area contributed by atoms with Gasteiger partial charge in [-0.1, -0.05) is 12.1 Å². The summed E-state index contributed by atoms with van der Waals surface area (Å²) in [5.41, 5.74) is 0.122. The second kappa shape index (κ2) is 7.30. The van der Waals surface area contributed by atoms with Gasteiger partial charge < -0.3 is 14.0 Å². The fourth-order valence-corrected chi connectivity index (χ4v) is 3.59. The van der Waals surface area contributed by atoms with E-state index in [4.69, 9.17) is 0 Å². The first-order valence-corrected chi connectivity index (χ1v) is 9.01. The first-order chi connectivity index (χ1) is 13.1. The van der Waals surface area contributed by atoms with Gasteiger partial charge in [0.15, 0.2) is 5.82 Å². The Hall–Kier alpha value is -3.03. The number of benzene rings is 1. The summed E-state index contributed by atoms with van der Waals surface area (Å²) in [4.78, 5) is 18.5. The number of imidazole rings is 1. The summed E-state index contributed by atoms with van der Waals surface area (Å²) in [6, 6.07) is 6.13. The second-order valence-corrected chi connectivity index (χ2v) is 6.84. The second-order valence-electron chi connectivity index (χ2n) is 6.84.